The van der Waals surface area contributed by atoms with E-state index in [1.807, 2.05) is 0 Å². The normalized spacial score (nSPS) is 17.4. The summed E-state index contributed by atoms with van der Waals surface area (Å²) in [5.41, 5.74) is 1.42. The van der Waals surface area contributed by atoms with Crippen LogP contribution in [0.2, 0.25) is 0 Å². The van der Waals surface area contributed by atoms with Gasteiger partial charge < -0.3 is 10.1 Å². The lowest BCUT2D eigenvalue weighted by Gasteiger charge is -2.11. The second-order valence-electron chi connectivity index (χ2n) is 5.61. The van der Waals surface area contributed by atoms with Gasteiger partial charge in [0.2, 0.25) is 5.91 Å². The fourth-order valence-electron chi connectivity index (χ4n) is 2.63. The fourth-order valence-corrected chi connectivity index (χ4v) is 3.69. The summed E-state index contributed by atoms with van der Waals surface area (Å²) >= 11 is 0. The summed E-state index contributed by atoms with van der Waals surface area (Å²) in [5.74, 6) is 0.781. The molecule has 2 N–H and O–H groups in total. The molecule has 126 valence electrons. The van der Waals surface area contributed by atoms with E-state index >= 15 is 0 Å². The quantitative estimate of drug-likeness (QED) is 0.868. The van der Waals surface area contributed by atoms with Crippen molar-refractivity contribution in [3.8, 4) is 5.75 Å². The molecule has 0 radical (unpaired) electrons. The first kappa shape index (κ1) is 16.3. The molecule has 0 aliphatic carbocycles. The van der Waals surface area contributed by atoms with Gasteiger partial charge in [0, 0.05) is 24.6 Å². The van der Waals surface area contributed by atoms with Crippen molar-refractivity contribution in [1.29, 1.82) is 0 Å². The van der Waals surface area contributed by atoms with Crippen molar-refractivity contribution in [2.45, 2.75) is 17.2 Å². The smallest absolute Gasteiger partial charge is 0.261 e. The third kappa shape index (κ3) is 3.51. The van der Waals surface area contributed by atoms with Gasteiger partial charge in [-0.1, -0.05) is 12.1 Å². The predicted molar refractivity (Wildman–Crippen MR) is 90.6 cm³/mol. The highest BCUT2D eigenvalue weighted by Crippen LogP contribution is 2.25. The molecule has 1 aliphatic heterocycles. The van der Waals surface area contributed by atoms with E-state index in [0.717, 1.165) is 5.56 Å². The van der Waals surface area contributed by atoms with Gasteiger partial charge in [0.1, 0.15) is 5.75 Å². The zero-order valence-corrected chi connectivity index (χ0v) is 14.0. The molecule has 0 bridgehead atoms. The number of hydrogen-bond acceptors (Lipinski definition) is 4. The molecular formula is C17H18N2O4S. The standard InChI is InChI=1S/C17H18N2O4S/c1-23-15-6-4-14(5-7-15)19-24(21,22)16-8-2-12(3-9-16)13-10-17(20)18-11-13/h2-9,13,19H,10-11H2,1H3,(H,18,20)/t13-/m0/s1. The van der Waals surface area contributed by atoms with Gasteiger partial charge in [0.05, 0.1) is 12.0 Å². The van der Waals surface area contributed by atoms with E-state index in [1.165, 1.54) is 0 Å². The number of ether oxygens (including phenoxy) is 1. The average molecular weight is 346 g/mol. The van der Waals surface area contributed by atoms with Crippen molar-refractivity contribution >= 4 is 21.6 Å². The van der Waals surface area contributed by atoms with Crippen LogP contribution in [0.5, 0.6) is 5.75 Å². The monoisotopic (exact) mass is 346 g/mol. The Hall–Kier alpha value is -2.54. The number of anilines is 1. The fraction of sp³-hybridized carbons (Fsp3) is 0.235. The van der Waals surface area contributed by atoms with E-state index in [9.17, 15) is 13.2 Å². The Balaban J connectivity index is 1.75. The van der Waals surface area contributed by atoms with Crippen molar-refractivity contribution in [2.75, 3.05) is 18.4 Å². The van der Waals surface area contributed by atoms with E-state index in [-0.39, 0.29) is 16.7 Å². The highest BCUT2D eigenvalue weighted by Gasteiger charge is 2.23. The van der Waals surface area contributed by atoms with Crippen LogP contribution in [-0.2, 0) is 14.8 Å². The maximum Gasteiger partial charge on any atom is 0.261 e. The molecule has 1 amide bonds. The summed E-state index contributed by atoms with van der Waals surface area (Å²) in [7, 11) is -2.11. The molecular weight excluding hydrogens is 328 g/mol. The van der Waals surface area contributed by atoms with Gasteiger partial charge >= 0.3 is 0 Å². The number of rotatable bonds is 5. The summed E-state index contributed by atoms with van der Waals surface area (Å²) in [5, 5.41) is 2.78. The molecule has 1 saturated heterocycles. The Morgan fingerprint density at radius 3 is 2.29 bits per heavy atom. The molecule has 1 aliphatic rings. The first-order chi connectivity index (χ1) is 11.5. The summed E-state index contributed by atoms with van der Waals surface area (Å²) in [6.45, 7) is 0.592. The van der Waals surface area contributed by atoms with Gasteiger partial charge in [0.15, 0.2) is 0 Å². The third-order valence-corrected chi connectivity index (χ3v) is 5.38. The Morgan fingerprint density at radius 2 is 1.75 bits per heavy atom. The summed E-state index contributed by atoms with van der Waals surface area (Å²) < 4.78 is 32.4. The predicted octanol–water partition coefficient (Wildman–Crippen LogP) is 2.10. The van der Waals surface area contributed by atoms with Crippen LogP contribution in [0, 0.1) is 0 Å². The van der Waals surface area contributed by atoms with Gasteiger partial charge in [-0.15, -0.1) is 0 Å². The molecule has 3 rings (SSSR count). The summed E-state index contributed by atoms with van der Waals surface area (Å²) in [6.07, 6.45) is 0.441. The second-order valence-corrected chi connectivity index (χ2v) is 7.29. The largest absolute Gasteiger partial charge is 0.497 e. The van der Waals surface area contributed by atoms with E-state index in [0.29, 0.717) is 24.4 Å². The van der Waals surface area contributed by atoms with Crippen molar-refractivity contribution in [1.82, 2.24) is 5.32 Å². The average Bonchev–Trinajstić information content (AvgIpc) is 3.02. The lowest BCUT2D eigenvalue weighted by Crippen LogP contribution is -2.14. The number of amides is 1. The first-order valence-corrected chi connectivity index (χ1v) is 9.00. The highest BCUT2D eigenvalue weighted by atomic mass is 32.2. The number of benzene rings is 2. The topological polar surface area (TPSA) is 84.5 Å². The van der Waals surface area contributed by atoms with Crippen LogP contribution < -0.4 is 14.8 Å². The van der Waals surface area contributed by atoms with E-state index in [4.69, 9.17) is 4.74 Å². The van der Waals surface area contributed by atoms with Crippen molar-refractivity contribution in [2.24, 2.45) is 0 Å². The SMILES string of the molecule is COc1ccc(NS(=O)(=O)c2ccc([C@@H]3CNC(=O)C3)cc2)cc1. The zero-order valence-electron chi connectivity index (χ0n) is 13.2. The lowest BCUT2D eigenvalue weighted by molar-refractivity contribution is -0.119. The van der Waals surface area contributed by atoms with Gasteiger partial charge in [-0.3, -0.25) is 9.52 Å². The molecule has 0 unspecified atom stereocenters. The molecule has 0 spiro atoms. The Labute approximate surface area is 140 Å². The van der Waals surface area contributed by atoms with Gasteiger partial charge in [-0.05, 0) is 42.0 Å². The van der Waals surface area contributed by atoms with E-state index < -0.39 is 10.0 Å². The Kier molecular flexibility index (Phi) is 4.44. The number of sulfonamides is 1. The summed E-state index contributed by atoms with van der Waals surface area (Å²) in [4.78, 5) is 11.5. The first-order valence-electron chi connectivity index (χ1n) is 7.51. The minimum Gasteiger partial charge on any atom is -0.497 e. The minimum atomic E-state index is -3.66. The number of carbonyl (C=O) groups excluding carboxylic acids is 1. The molecule has 1 heterocycles. The van der Waals surface area contributed by atoms with Crippen molar-refractivity contribution in [3.05, 3.63) is 54.1 Å². The lowest BCUT2D eigenvalue weighted by atomic mass is 9.99. The molecule has 7 heteroatoms. The van der Waals surface area contributed by atoms with E-state index in [2.05, 4.69) is 10.0 Å². The molecule has 0 aromatic heterocycles. The van der Waals surface area contributed by atoms with Gasteiger partial charge in [-0.2, -0.15) is 0 Å². The maximum atomic E-state index is 12.4. The summed E-state index contributed by atoms with van der Waals surface area (Å²) in [6, 6.07) is 13.3. The molecule has 24 heavy (non-hydrogen) atoms. The number of nitrogens with one attached hydrogen (secondary N) is 2. The van der Waals surface area contributed by atoms with Crippen LogP contribution in [0.15, 0.2) is 53.4 Å². The highest BCUT2D eigenvalue weighted by molar-refractivity contribution is 7.92. The molecule has 1 atom stereocenters. The van der Waals surface area contributed by atoms with Crippen LogP contribution in [0.1, 0.15) is 17.9 Å². The van der Waals surface area contributed by atoms with Crippen molar-refractivity contribution in [3.63, 3.8) is 0 Å². The molecule has 2 aromatic carbocycles. The maximum absolute atomic E-state index is 12.4. The van der Waals surface area contributed by atoms with Gasteiger partial charge in [-0.25, -0.2) is 8.42 Å². The van der Waals surface area contributed by atoms with Crippen LogP contribution in [0.3, 0.4) is 0 Å². The van der Waals surface area contributed by atoms with E-state index in [1.54, 1.807) is 55.6 Å². The Bertz CT molecular complexity index is 830. The third-order valence-electron chi connectivity index (χ3n) is 3.98. The van der Waals surface area contributed by atoms with Crippen LogP contribution >= 0.6 is 0 Å². The number of hydrogen-bond donors (Lipinski definition) is 2. The number of methoxy groups -OCH3 is 1. The van der Waals surface area contributed by atoms with Gasteiger partial charge in [0.25, 0.3) is 10.0 Å². The number of carbonyl (C=O) groups is 1. The van der Waals surface area contributed by atoms with Crippen molar-refractivity contribution < 1.29 is 17.9 Å². The van der Waals surface area contributed by atoms with Crippen LogP contribution in [0.4, 0.5) is 5.69 Å². The Morgan fingerprint density at radius 1 is 1.08 bits per heavy atom. The molecule has 2 aromatic rings. The molecule has 1 fully saturated rings. The zero-order chi connectivity index (χ0) is 17.2. The second kappa shape index (κ2) is 6.52. The van der Waals surface area contributed by atoms with Crippen LogP contribution in [-0.4, -0.2) is 28.0 Å². The van der Waals surface area contributed by atoms with Crippen LogP contribution in [0.25, 0.3) is 0 Å². The minimum absolute atomic E-state index is 0.0258. The molecule has 0 saturated carbocycles. The molecule has 6 nitrogen and oxygen atoms in total.